The van der Waals surface area contributed by atoms with E-state index in [0.717, 1.165) is 6.26 Å². The minimum Gasteiger partial charge on any atom is -0.392 e. The molecule has 0 saturated carbocycles. The lowest BCUT2D eigenvalue weighted by Gasteiger charge is -2.04. The van der Waals surface area contributed by atoms with Crippen molar-refractivity contribution >= 4 is 9.84 Å². The van der Waals surface area contributed by atoms with Crippen LogP contribution in [0.15, 0.2) is 35.6 Å². The molecule has 0 aliphatic heterocycles. The monoisotopic (exact) mass is 253 g/mol. The maximum Gasteiger partial charge on any atom is 0.178 e. The van der Waals surface area contributed by atoms with Gasteiger partial charge in [0.05, 0.1) is 19.0 Å². The van der Waals surface area contributed by atoms with Crippen LogP contribution in [0.5, 0.6) is 0 Å². The third-order valence-corrected chi connectivity index (χ3v) is 3.31. The van der Waals surface area contributed by atoms with Crippen molar-refractivity contribution < 1.29 is 13.5 Å². The van der Waals surface area contributed by atoms with Crippen molar-refractivity contribution in [3.63, 3.8) is 0 Å². The van der Waals surface area contributed by atoms with Crippen LogP contribution in [0.1, 0.15) is 5.56 Å². The van der Waals surface area contributed by atoms with E-state index in [2.05, 4.69) is 10.1 Å². The van der Waals surface area contributed by atoms with E-state index >= 15 is 0 Å². The Balaban J connectivity index is 2.51. The van der Waals surface area contributed by atoms with Crippen LogP contribution in [0.3, 0.4) is 0 Å². The average Bonchev–Trinajstić information content (AvgIpc) is 2.77. The Labute approximate surface area is 98.5 Å². The van der Waals surface area contributed by atoms with Crippen LogP contribution >= 0.6 is 0 Å². The van der Waals surface area contributed by atoms with E-state index in [1.807, 2.05) is 0 Å². The summed E-state index contributed by atoms with van der Waals surface area (Å²) >= 11 is 0. The summed E-state index contributed by atoms with van der Waals surface area (Å²) in [7, 11) is -3.28. The Morgan fingerprint density at radius 3 is 2.82 bits per heavy atom. The lowest BCUT2D eigenvalue weighted by atomic mass is 10.3. The fourth-order valence-corrected chi connectivity index (χ4v) is 1.90. The van der Waals surface area contributed by atoms with Gasteiger partial charge in [-0.05, 0) is 6.07 Å². The molecule has 6 nitrogen and oxygen atoms in total. The number of hydrogen-bond donors (Lipinski definition) is 1. The fraction of sp³-hybridized carbons (Fsp3) is 0.200. The average molecular weight is 253 g/mol. The molecule has 0 aromatic carbocycles. The molecule has 2 aromatic rings. The summed E-state index contributed by atoms with van der Waals surface area (Å²) in [4.78, 5) is 4.18. The van der Waals surface area contributed by atoms with E-state index in [9.17, 15) is 8.42 Å². The van der Waals surface area contributed by atoms with E-state index in [4.69, 9.17) is 5.11 Å². The van der Waals surface area contributed by atoms with Crippen LogP contribution in [0.4, 0.5) is 0 Å². The van der Waals surface area contributed by atoms with Crippen molar-refractivity contribution in [2.24, 2.45) is 0 Å². The summed E-state index contributed by atoms with van der Waals surface area (Å²) in [6.07, 6.45) is 5.29. The van der Waals surface area contributed by atoms with Gasteiger partial charge < -0.3 is 5.11 Å². The molecule has 0 unspecified atom stereocenters. The molecule has 0 bridgehead atoms. The zero-order valence-corrected chi connectivity index (χ0v) is 9.92. The first-order valence-corrected chi connectivity index (χ1v) is 6.71. The molecule has 2 rings (SSSR count). The van der Waals surface area contributed by atoms with Gasteiger partial charge >= 0.3 is 0 Å². The first kappa shape index (κ1) is 11.7. The van der Waals surface area contributed by atoms with E-state index in [1.54, 1.807) is 18.3 Å². The highest BCUT2D eigenvalue weighted by molar-refractivity contribution is 7.90. The molecular weight excluding hydrogens is 242 g/mol. The van der Waals surface area contributed by atoms with Crippen molar-refractivity contribution in [3.8, 4) is 5.82 Å². The van der Waals surface area contributed by atoms with Crippen LogP contribution in [-0.2, 0) is 16.4 Å². The number of aromatic nitrogens is 3. The van der Waals surface area contributed by atoms with Gasteiger partial charge in [0, 0.05) is 18.0 Å². The zero-order chi connectivity index (χ0) is 12.5. The predicted molar refractivity (Wildman–Crippen MR) is 60.4 cm³/mol. The topological polar surface area (TPSA) is 85.1 Å². The summed E-state index contributed by atoms with van der Waals surface area (Å²) < 4.78 is 24.0. The Hall–Kier alpha value is -1.73. The number of hydrogen-bond acceptors (Lipinski definition) is 5. The summed E-state index contributed by atoms with van der Waals surface area (Å²) in [5.74, 6) is 0.421. The highest BCUT2D eigenvalue weighted by Gasteiger charge is 2.12. The second-order valence-corrected chi connectivity index (χ2v) is 5.55. The first-order valence-electron chi connectivity index (χ1n) is 4.82. The molecule has 0 fully saturated rings. The zero-order valence-electron chi connectivity index (χ0n) is 9.11. The molecule has 2 heterocycles. The molecule has 2 aromatic heterocycles. The maximum absolute atomic E-state index is 11.3. The number of sulfone groups is 1. The lowest BCUT2D eigenvalue weighted by molar-refractivity contribution is 0.281. The Morgan fingerprint density at radius 1 is 1.47 bits per heavy atom. The second kappa shape index (κ2) is 4.27. The molecule has 0 aliphatic rings. The number of rotatable bonds is 3. The van der Waals surface area contributed by atoms with Crippen molar-refractivity contribution in [1.29, 1.82) is 0 Å². The molecule has 17 heavy (non-hydrogen) atoms. The Kier molecular flexibility index (Phi) is 2.95. The molecule has 7 heteroatoms. The predicted octanol–water partition coefficient (Wildman–Crippen LogP) is 0.163. The second-order valence-electron chi connectivity index (χ2n) is 3.54. The molecule has 0 saturated heterocycles. The van der Waals surface area contributed by atoms with Crippen molar-refractivity contribution in [2.75, 3.05) is 6.26 Å². The Morgan fingerprint density at radius 2 is 2.24 bits per heavy atom. The van der Waals surface area contributed by atoms with Gasteiger partial charge in [0.25, 0.3) is 0 Å². The summed E-state index contributed by atoms with van der Waals surface area (Å²) in [6.45, 7) is -0.183. The molecule has 0 radical (unpaired) electrons. The SMILES string of the molecule is CS(=O)(=O)c1cnn(-c2ncccc2CO)c1. The molecule has 90 valence electrons. The highest BCUT2D eigenvalue weighted by Crippen LogP contribution is 2.13. The van der Waals surface area contributed by atoms with Crippen LogP contribution in [0.2, 0.25) is 0 Å². The third-order valence-electron chi connectivity index (χ3n) is 2.24. The summed E-state index contributed by atoms with van der Waals surface area (Å²) in [5, 5.41) is 13.1. The molecular formula is C10H11N3O3S. The lowest BCUT2D eigenvalue weighted by Crippen LogP contribution is -2.03. The summed E-state index contributed by atoms with van der Waals surface area (Å²) in [5.41, 5.74) is 0.579. The van der Waals surface area contributed by atoms with Gasteiger partial charge in [-0.25, -0.2) is 18.1 Å². The quantitative estimate of drug-likeness (QED) is 0.842. The first-order chi connectivity index (χ1) is 8.02. The standard InChI is InChI=1S/C10H11N3O3S/c1-17(15,16)9-5-12-13(6-9)10-8(7-14)3-2-4-11-10/h2-6,14H,7H2,1H3. The van der Waals surface area contributed by atoms with Gasteiger partial charge in [-0.3, -0.25) is 0 Å². The minimum absolute atomic E-state index is 0.118. The van der Waals surface area contributed by atoms with Crippen LogP contribution in [0.25, 0.3) is 5.82 Å². The van der Waals surface area contributed by atoms with Crippen LogP contribution in [-0.4, -0.2) is 34.5 Å². The van der Waals surface area contributed by atoms with Crippen molar-refractivity contribution in [2.45, 2.75) is 11.5 Å². The summed E-state index contributed by atoms with van der Waals surface area (Å²) in [6, 6.07) is 3.39. The number of aliphatic hydroxyl groups excluding tert-OH is 1. The molecule has 1 N–H and O–H groups in total. The number of nitrogens with zero attached hydrogens (tertiary/aromatic N) is 3. The van der Waals surface area contributed by atoms with Gasteiger partial charge in [0.2, 0.25) is 0 Å². The van der Waals surface area contributed by atoms with E-state index < -0.39 is 9.84 Å². The Bertz CT molecular complexity index is 634. The normalized spacial score (nSPS) is 11.6. The van der Waals surface area contributed by atoms with Crippen molar-refractivity contribution in [3.05, 3.63) is 36.3 Å². The van der Waals surface area contributed by atoms with Gasteiger partial charge in [0.15, 0.2) is 15.7 Å². The van der Waals surface area contributed by atoms with Gasteiger partial charge in [-0.15, -0.1) is 0 Å². The van der Waals surface area contributed by atoms with E-state index in [1.165, 1.54) is 17.1 Å². The van der Waals surface area contributed by atoms with Gasteiger partial charge in [-0.2, -0.15) is 5.10 Å². The minimum atomic E-state index is -3.28. The number of aliphatic hydroxyl groups is 1. The highest BCUT2D eigenvalue weighted by atomic mass is 32.2. The molecule has 0 amide bonds. The van der Waals surface area contributed by atoms with E-state index in [-0.39, 0.29) is 11.5 Å². The maximum atomic E-state index is 11.3. The van der Waals surface area contributed by atoms with Crippen molar-refractivity contribution in [1.82, 2.24) is 14.8 Å². The van der Waals surface area contributed by atoms with Crippen LogP contribution in [0, 0.1) is 0 Å². The van der Waals surface area contributed by atoms with Crippen LogP contribution < -0.4 is 0 Å². The van der Waals surface area contributed by atoms with Gasteiger partial charge in [0.1, 0.15) is 4.90 Å². The van der Waals surface area contributed by atoms with E-state index in [0.29, 0.717) is 11.4 Å². The molecule has 0 spiro atoms. The molecule has 0 atom stereocenters. The fourth-order valence-electron chi connectivity index (χ4n) is 1.37. The van der Waals surface area contributed by atoms with Gasteiger partial charge in [-0.1, -0.05) is 6.07 Å². The number of pyridine rings is 1. The third kappa shape index (κ3) is 2.34. The molecule has 0 aliphatic carbocycles. The largest absolute Gasteiger partial charge is 0.392 e. The smallest absolute Gasteiger partial charge is 0.178 e.